The van der Waals surface area contributed by atoms with E-state index in [2.05, 4.69) is 26.2 Å². The molecule has 24 heavy (non-hydrogen) atoms. The minimum absolute atomic E-state index is 0.248. The highest BCUT2D eigenvalue weighted by atomic mass is 16.6. The predicted molar refractivity (Wildman–Crippen MR) is 92.4 cm³/mol. The quantitative estimate of drug-likeness (QED) is 0.845. The summed E-state index contributed by atoms with van der Waals surface area (Å²) in [6, 6.07) is 0. The van der Waals surface area contributed by atoms with E-state index in [9.17, 15) is 4.79 Å². The van der Waals surface area contributed by atoms with Crippen LogP contribution in [0.1, 0.15) is 33.4 Å². The molecule has 1 fully saturated rings. The van der Waals surface area contributed by atoms with Crippen molar-refractivity contribution in [2.45, 2.75) is 39.7 Å². The number of nitrogens with zero attached hydrogens (tertiary/aromatic N) is 5. The number of aromatic nitrogens is 3. The lowest BCUT2D eigenvalue weighted by molar-refractivity contribution is 0.0240. The van der Waals surface area contributed by atoms with Gasteiger partial charge in [0.2, 0.25) is 0 Å². The number of anilines is 1. The van der Waals surface area contributed by atoms with E-state index in [4.69, 9.17) is 4.74 Å². The van der Waals surface area contributed by atoms with E-state index < -0.39 is 5.60 Å². The van der Waals surface area contributed by atoms with Crippen LogP contribution in [-0.2, 0) is 11.2 Å². The Labute approximate surface area is 142 Å². The van der Waals surface area contributed by atoms with Crippen molar-refractivity contribution in [1.29, 1.82) is 0 Å². The van der Waals surface area contributed by atoms with Crippen molar-refractivity contribution in [1.82, 2.24) is 19.3 Å². The molecule has 2 aromatic heterocycles. The summed E-state index contributed by atoms with van der Waals surface area (Å²) < 4.78 is 7.53. The van der Waals surface area contributed by atoms with E-state index in [0.29, 0.717) is 13.1 Å². The molecule has 3 rings (SSSR count). The molecule has 7 nitrogen and oxygen atoms in total. The Hall–Kier alpha value is -2.31. The number of carbonyl (C=O) groups excluding carboxylic acids is 1. The first-order chi connectivity index (χ1) is 11.4. The number of ether oxygens (including phenoxy) is 1. The molecule has 0 N–H and O–H groups in total. The molecule has 1 amide bonds. The van der Waals surface area contributed by atoms with Crippen molar-refractivity contribution in [2.75, 3.05) is 31.1 Å². The topological polar surface area (TPSA) is 63.0 Å². The summed E-state index contributed by atoms with van der Waals surface area (Å²) in [6.45, 7) is 10.5. The molecule has 0 aliphatic carbocycles. The second-order valence-corrected chi connectivity index (χ2v) is 7.00. The lowest BCUT2D eigenvalue weighted by Crippen LogP contribution is -2.50. The maximum absolute atomic E-state index is 12.2. The molecule has 1 saturated heterocycles. The Morgan fingerprint density at radius 3 is 2.54 bits per heavy atom. The Morgan fingerprint density at radius 1 is 1.21 bits per heavy atom. The summed E-state index contributed by atoms with van der Waals surface area (Å²) in [6.07, 6.45) is 6.34. The van der Waals surface area contributed by atoms with Gasteiger partial charge in [0.15, 0.2) is 11.5 Å². The fraction of sp³-hybridized carbons (Fsp3) is 0.588. The average Bonchev–Trinajstić information content (AvgIpc) is 2.96. The van der Waals surface area contributed by atoms with E-state index in [1.54, 1.807) is 4.90 Å². The third-order valence-corrected chi connectivity index (χ3v) is 4.08. The summed E-state index contributed by atoms with van der Waals surface area (Å²) in [4.78, 5) is 25.1. The number of piperazine rings is 1. The molecule has 0 saturated carbocycles. The van der Waals surface area contributed by atoms with Crippen LogP contribution in [-0.4, -0.2) is 57.1 Å². The monoisotopic (exact) mass is 331 g/mol. The average molecular weight is 331 g/mol. The summed E-state index contributed by atoms with van der Waals surface area (Å²) >= 11 is 0. The number of rotatable bonds is 2. The maximum atomic E-state index is 12.2. The molecular weight excluding hydrogens is 306 g/mol. The van der Waals surface area contributed by atoms with Crippen LogP contribution in [0.3, 0.4) is 0 Å². The molecule has 2 aromatic rings. The highest BCUT2D eigenvalue weighted by molar-refractivity contribution is 5.69. The first-order valence-electron chi connectivity index (χ1n) is 8.43. The normalized spacial score (nSPS) is 15.8. The third-order valence-electron chi connectivity index (χ3n) is 4.08. The summed E-state index contributed by atoms with van der Waals surface area (Å²) in [5.41, 5.74) is 1.58. The summed E-state index contributed by atoms with van der Waals surface area (Å²) in [5.74, 6) is 0.876. The molecule has 130 valence electrons. The van der Waals surface area contributed by atoms with E-state index in [1.165, 1.54) is 5.69 Å². The second kappa shape index (κ2) is 6.30. The minimum Gasteiger partial charge on any atom is -0.444 e. The Kier molecular flexibility index (Phi) is 4.34. The van der Waals surface area contributed by atoms with Crippen molar-refractivity contribution in [3.63, 3.8) is 0 Å². The van der Waals surface area contributed by atoms with Gasteiger partial charge in [-0.3, -0.25) is 4.40 Å². The van der Waals surface area contributed by atoms with Crippen LogP contribution in [0.2, 0.25) is 0 Å². The standard InChI is InChI=1S/C17H25N5O2/c1-5-13-12-19-15-14(18-6-7-22(13)15)20-8-10-21(11-9-20)16(23)24-17(2,3)4/h6-7,12H,5,8-11H2,1-4H3. The Morgan fingerprint density at radius 2 is 1.92 bits per heavy atom. The van der Waals surface area contributed by atoms with E-state index in [0.717, 1.165) is 31.0 Å². The van der Waals surface area contributed by atoms with Crippen molar-refractivity contribution in [2.24, 2.45) is 0 Å². The highest BCUT2D eigenvalue weighted by Gasteiger charge is 2.27. The van der Waals surface area contributed by atoms with Crippen molar-refractivity contribution in [3.8, 4) is 0 Å². The molecule has 0 unspecified atom stereocenters. The lowest BCUT2D eigenvalue weighted by Gasteiger charge is -2.36. The van der Waals surface area contributed by atoms with Crippen LogP contribution in [0, 0.1) is 0 Å². The largest absolute Gasteiger partial charge is 0.444 e. The number of amides is 1. The zero-order chi connectivity index (χ0) is 17.3. The molecule has 0 radical (unpaired) electrons. The van der Waals surface area contributed by atoms with Crippen molar-refractivity contribution in [3.05, 3.63) is 24.3 Å². The van der Waals surface area contributed by atoms with Gasteiger partial charge in [-0.2, -0.15) is 0 Å². The fourth-order valence-corrected chi connectivity index (χ4v) is 2.87. The summed E-state index contributed by atoms with van der Waals surface area (Å²) in [5, 5.41) is 0. The van der Waals surface area contributed by atoms with Crippen LogP contribution in [0.4, 0.5) is 10.6 Å². The second-order valence-electron chi connectivity index (χ2n) is 7.00. The minimum atomic E-state index is -0.465. The third kappa shape index (κ3) is 3.29. The first kappa shape index (κ1) is 16.5. The molecule has 0 aromatic carbocycles. The van der Waals surface area contributed by atoms with E-state index in [-0.39, 0.29) is 6.09 Å². The van der Waals surface area contributed by atoms with Gasteiger partial charge in [-0.15, -0.1) is 0 Å². The maximum Gasteiger partial charge on any atom is 0.410 e. The van der Waals surface area contributed by atoms with Crippen LogP contribution in [0.15, 0.2) is 18.6 Å². The Bertz CT molecular complexity index is 726. The van der Waals surface area contributed by atoms with Crippen LogP contribution < -0.4 is 4.90 Å². The van der Waals surface area contributed by atoms with Gasteiger partial charge in [0, 0.05) is 50.5 Å². The van der Waals surface area contributed by atoms with Gasteiger partial charge in [0.1, 0.15) is 5.60 Å². The molecule has 3 heterocycles. The smallest absolute Gasteiger partial charge is 0.410 e. The van der Waals surface area contributed by atoms with Gasteiger partial charge in [0.25, 0.3) is 0 Å². The number of hydrogen-bond acceptors (Lipinski definition) is 5. The predicted octanol–water partition coefficient (Wildman–Crippen LogP) is 2.35. The molecule has 7 heteroatoms. The number of hydrogen-bond donors (Lipinski definition) is 0. The number of fused-ring (bicyclic) bond motifs is 1. The zero-order valence-electron chi connectivity index (χ0n) is 14.8. The highest BCUT2D eigenvalue weighted by Crippen LogP contribution is 2.21. The molecule has 0 bridgehead atoms. The molecular formula is C17H25N5O2. The fourth-order valence-electron chi connectivity index (χ4n) is 2.87. The van der Waals surface area contributed by atoms with Gasteiger partial charge < -0.3 is 14.5 Å². The van der Waals surface area contributed by atoms with Gasteiger partial charge in [0.05, 0.1) is 0 Å². The first-order valence-corrected chi connectivity index (χ1v) is 8.43. The van der Waals surface area contributed by atoms with Gasteiger partial charge >= 0.3 is 6.09 Å². The number of carbonyl (C=O) groups is 1. The molecule has 0 spiro atoms. The zero-order valence-corrected chi connectivity index (χ0v) is 14.8. The van der Waals surface area contributed by atoms with Crippen LogP contribution in [0.5, 0.6) is 0 Å². The lowest BCUT2D eigenvalue weighted by atomic mass is 10.2. The Balaban J connectivity index is 1.71. The van der Waals surface area contributed by atoms with Crippen LogP contribution >= 0.6 is 0 Å². The molecule has 1 aliphatic rings. The summed E-state index contributed by atoms with van der Waals surface area (Å²) in [7, 11) is 0. The SMILES string of the molecule is CCc1cnc2c(N3CCN(C(=O)OC(C)(C)C)CC3)nccn12. The van der Waals surface area contributed by atoms with Crippen LogP contribution in [0.25, 0.3) is 5.65 Å². The van der Waals surface area contributed by atoms with Gasteiger partial charge in [-0.05, 0) is 27.2 Å². The number of imidazole rings is 1. The van der Waals surface area contributed by atoms with Crippen molar-refractivity contribution < 1.29 is 9.53 Å². The van der Waals surface area contributed by atoms with E-state index in [1.807, 2.05) is 39.4 Å². The van der Waals surface area contributed by atoms with Gasteiger partial charge in [-0.25, -0.2) is 14.8 Å². The number of aryl methyl sites for hydroxylation is 1. The molecule has 1 aliphatic heterocycles. The van der Waals surface area contributed by atoms with Gasteiger partial charge in [-0.1, -0.05) is 6.92 Å². The van der Waals surface area contributed by atoms with E-state index >= 15 is 0 Å². The molecule has 0 atom stereocenters. The van der Waals surface area contributed by atoms with Crippen molar-refractivity contribution >= 4 is 17.6 Å².